The number of amides is 1. The third-order valence-electron chi connectivity index (χ3n) is 2.61. The van der Waals surface area contributed by atoms with Crippen LogP contribution >= 0.6 is 22.7 Å². The lowest BCUT2D eigenvalue weighted by atomic mass is 10.2. The van der Waals surface area contributed by atoms with E-state index in [1.807, 2.05) is 16.8 Å². The van der Waals surface area contributed by atoms with Crippen molar-refractivity contribution in [3.8, 4) is 10.6 Å². The van der Waals surface area contributed by atoms with Gasteiger partial charge in [-0.2, -0.15) is 11.3 Å². The molecule has 106 valence electrons. The highest BCUT2D eigenvalue weighted by Gasteiger charge is 2.11. The van der Waals surface area contributed by atoms with E-state index < -0.39 is 5.97 Å². The molecule has 2 N–H and O–H groups in total. The molecule has 0 saturated carbocycles. The van der Waals surface area contributed by atoms with E-state index in [0.717, 1.165) is 10.6 Å². The van der Waals surface area contributed by atoms with Crippen LogP contribution in [0.25, 0.3) is 10.6 Å². The molecule has 0 spiro atoms. The van der Waals surface area contributed by atoms with Gasteiger partial charge in [0.05, 0.1) is 0 Å². The predicted octanol–water partition coefficient (Wildman–Crippen LogP) is 2.86. The fourth-order valence-electron chi connectivity index (χ4n) is 1.59. The highest BCUT2D eigenvalue weighted by Crippen LogP contribution is 2.25. The van der Waals surface area contributed by atoms with Crippen LogP contribution in [0.2, 0.25) is 0 Å². The molecular weight excluding hydrogens is 296 g/mol. The number of rotatable bonds is 7. The van der Waals surface area contributed by atoms with Gasteiger partial charge in [0, 0.05) is 29.3 Å². The molecule has 1 amide bonds. The molecule has 2 rings (SSSR count). The van der Waals surface area contributed by atoms with Crippen LogP contribution in [0.5, 0.6) is 0 Å². The number of carboxylic acids is 1. The highest BCUT2D eigenvalue weighted by molar-refractivity contribution is 7.14. The molecule has 5 nitrogen and oxygen atoms in total. The van der Waals surface area contributed by atoms with E-state index in [1.165, 1.54) is 11.3 Å². The van der Waals surface area contributed by atoms with Gasteiger partial charge in [-0.3, -0.25) is 9.59 Å². The monoisotopic (exact) mass is 310 g/mol. The van der Waals surface area contributed by atoms with Crippen molar-refractivity contribution in [1.29, 1.82) is 0 Å². The first-order valence-corrected chi connectivity index (χ1v) is 7.97. The summed E-state index contributed by atoms with van der Waals surface area (Å²) in [5, 5.41) is 17.8. The minimum absolute atomic E-state index is 0.134. The second-order valence-electron chi connectivity index (χ2n) is 4.16. The van der Waals surface area contributed by atoms with E-state index in [0.29, 0.717) is 25.1 Å². The lowest BCUT2D eigenvalue weighted by molar-refractivity contribution is -0.137. The number of nitrogens with zero attached hydrogens (tertiary/aromatic N) is 1. The van der Waals surface area contributed by atoms with Crippen molar-refractivity contribution >= 4 is 34.6 Å². The highest BCUT2D eigenvalue weighted by atomic mass is 32.1. The lowest BCUT2D eigenvalue weighted by Gasteiger charge is -2.01. The van der Waals surface area contributed by atoms with Gasteiger partial charge in [0.1, 0.15) is 10.7 Å². The largest absolute Gasteiger partial charge is 0.481 e. The molecule has 2 aromatic rings. The Morgan fingerprint density at radius 1 is 1.30 bits per heavy atom. The molecule has 2 aromatic heterocycles. The van der Waals surface area contributed by atoms with Gasteiger partial charge in [-0.25, -0.2) is 4.98 Å². The zero-order valence-electron chi connectivity index (χ0n) is 10.7. The third-order valence-corrected chi connectivity index (χ3v) is 4.18. The Bertz CT molecular complexity index is 578. The maximum Gasteiger partial charge on any atom is 0.303 e. The van der Waals surface area contributed by atoms with Crippen LogP contribution in [0.3, 0.4) is 0 Å². The van der Waals surface area contributed by atoms with Crippen LogP contribution in [-0.4, -0.2) is 28.5 Å². The molecule has 7 heteroatoms. The average molecular weight is 310 g/mol. The molecule has 20 heavy (non-hydrogen) atoms. The first-order valence-electron chi connectivity index (χ1n) is 6.15. The number of hydrogen-bond acceptors (Lipinski definition) is 5. The molecule has 0 radical (unpaired) electrons. The normalized spacial score (nSPS) is 10.4. The number of carbonyl (C=O) groups is 2. The standard InChI is InChI=1S/C13H14N2O3S2/c16-11(17)3-1-2-5-14-12(18)10-8-20-13(15-10)9-4-6-19-7-9/h4,6-8H,1-3,5H2,(H,14,18)(H,16,17). The molecule has 0 aromatic carbocycles. The van der Waals surface area contributed by atoms with E-state index >= 15 is 0 Å². The topological polar surface area (TPSA) is 79.3 Å². The van der Waals surface area contributed by atoms with Crippen LogP contribution < -0.4 is 5.32 Å². The average Bonchev–Trinajstić information content (AvgIpc) is 3.08. The van der Waals surface area contributed by atoms with Crippen molar-refractivity contribution in [2.75, 3.05) is 6.54 Å². The van der Waals surface area contributed by atoms with Crippen LogP contribution in [0.4, 0.5) is 0 Å². The Kier molecular flexibility index (Phi) is 5.25. The Morgan fingerprint density at radius 2 is 2.15 bits per heavy atom. The number of aromatic nitrogens is 1. The van der Waals surface area contributed by atoms with Crippen molar-refractivity contribution in [1.82, 2.24) is 10.3 Å². The molecule has 0 bridgehead atoms. The predicted molar refractivity (Wildman–Crippen MR) is 79.2 cm³/mol. The van der Waals surface area contributed by atoms with E-state index in [1.54, 1.807) is 16.7 Å². The molecule has 0 atom stereocenters. The SMILES string of the molecule is O=C(O)CCCCNC(=O)c1csc(-c2ccsc2)n1. The molecule has 0 unspecified atom stereocenters. The molecule has 0 aliphatic rings. The molecule has 2 heterocycles. The summed E-state index contributed by atoms with van der Waals surface area (Å²) in [7, 11) is 0. The fraction of sp³-hybridized carbons (Fsp3) is 0.308. The summed E-state index contributed by atoms with van der Waals surface area (Å²) < 4.78 is 0. The second-order valence-corrected chi connectivity index (χ2v) is 5.79. The Balaban J connectivity index is 1.80. The maximum absolute atomic E-state index is 11.8. The van der Waals surface area contributed by atoms with Gasteiger partial charge in [-0.1, -0.05) is 0 Å². The number of carboxylic acid groups (broad SMARTS) is 1. The molecule has 0 fully saturated rings. The van der Waals surface area contributed by atoms with Crippen LogP contribution in [0, 0.1) is 0 Å². The summed E-state index contributed by atoms with van der Waals surface area (Å²) >= 11 is 3.03. The number of unbranched alkanes of at least 4 members (excludes halogenated alkanes) is 1. The summed E-state index contributed by atoms with van der Waals surface area (Å²) in [5.74, 6) is -1.02. The number of nitrogens with one attached hydrogen (secondary N) is 1. The second kappa shape index (κ2) is 7.16. The van der Waals surface area contributed by atoms with Crippen LogP contribution in [-0.2, 0) is 4.79 Å². The van der Waals surface area contributed by atoms with Crippen molar-refractivity contribution in [3.63, 3.8) is 0 Å². The minimum atomic E-state index is -0.809. The Labute approximate surface area is 124 Å². The van der Waals surface area contributed by atoms with Crippen LogP contribution in [0.15, 0.2) is 22.2 Å². The number of hydrogen-bond donors (Lipinski definition) is 2. The van der Waals surface area contributed by atoms with E-state index in [-0.39, 0.29) is 12.3 Å². The molecular formula is C13H14N2O3S2. The van der Waals surface area contributed by atoms with Gasteiger partial charge in [0.2, 0.25) is 0 Å². The van der Waals surface area contributed by atoms with E-state index in [9.17, 15) is 9.59 Å². The zero-order valence-corrected chi connectivity index (χ0v) is 12.3. The molecule has 0 aliphatic heterocycles. The fourth-order valence-corrected chi connectivity index (χ4v) is 3.10. The van der Waals surface area contributed by atoms with Crippen LogP contribution in [0.1, 0.15) is 29.8 Å². The first-order chi connectivity index (χ1) is 9.66. The Hall–Kier alpha value is -1.73. The first kappa shape index (κ1) is 14.7. The van der Waals surface area contributed by atoms with Crippen molar-refractivity contribution in [2.45, 2.75) is 19.3 Å². The van der Waals surface area contributed by atoms with Gasteiger partial charge in [0.15, 0.2) is 0 Å². The van der Waals surface area contributed by atoms with Crippen molar-refractivity contribution in [3.05, 3.63) is 27.9 Å². The van der Waals surface area contributed by atoms with Gasteiger partial charge in [0.25, 0.3) is 5.91 Å². The Morgan fingerprint density at radius 3 is 2.85 bits per heavy atom. The van der Waals surface area contributed by atoms with Gasteiger partial charge in [-0.05, 0) is 24.3 Å². The summed E-state index contributed by atoms with van der Waals surface area (Å²) in [5.41, 5.74) is 1.44. The maximum atomic E-state index is 11.8. The smallest absolute Gasteiger partial charge is 0.303 e. The lowest BCUT2D eigenvalue weighted by Crippen LogP contribution is -2.24. The molecule has 0 aliphatic carbocycles. The summed E-state index contributed by atoms with van der Waals surface area (Å²) in [6.45, 7) is 0.470. The third kappa shape index (κ3) is 4.14. The van der Waals surface area contributed by atoms with Gasteiger partial charge in [-0.15, -0.1) is 11.3 Å². The zero-order chi connectivity index (χ0) is 14.4. The van der Waals surface area contributed by atoms with Crippen molar-refractivity contribution in [2.24, 2.45) is 0 Å². The van der Waals surface area contributed by atoms with E-state index in [2.05, 4.69) is 10.3 Å². The molecule has 0 saturated heterocycles. The summed E-state index contributed by atoms with van der Waals surface area (Å²) in [4.78, 5) is 26.5. The quantitative estimate of drug-likeness (QED) is 0.771. The van der Waals surface area contributed by atoms with E-state index in [4.69, 9.17) is 5.11 Å². The van der Waals surface area contributed by atoms with Gasteiger partial charge >= 0.3 is 5.97 Å². The number of aliphatic carboxylic acids is 1. The summed E-state index contributed by atoms with van der Waals surface area (Å²) in [6.07, 6.45) is 1.35. The number of thiazole rings is 1. The van der Waals surface area contributed by atoms with Gasteiger partial charge < -0.3 is 10.4 Å². The summed E-state index contributed by atoms with van der Waals surface area (Å²) in [6, 6.07) is 1.97. The van der Waals surface area contributed by atoms with Crippen molar-refractivity contribution < 1.29 is 14.7 Å². The minimum Gasteiger partial charge on any atom is -0.481 e. The number of thiophene rings is 1. The number of carbonyl (C=O) groups excluding carboxylic acids is 1.